The lowest BCUT2D eigenvalue weighted by Crippen LogP contribution is -2.45. The predicted octanol–water partition coefficient (Wildman–Crippen LogP) is 5.23. The summed E-state index contributed by atoms with van der Waals surface area (Å²) in [4.78, 5) is 20.9. The molecule has 196 valence electrons. The van der Waals surface area contributed by atoms with Crippen LogP contribution < -0.4 is 10.1 Å². The second-order valence-electron chi connectivity index (χ2n) is 9.14. The van der Waals surface area contributed by atoms with Crippen LogP contribution in [0.1, 0.15) is 23.6 Å². The molecule has 6 nitrogen and oxygen atoms in total. The molecule has 1 aliphatic heterocycles. The molecular formula is C28H31F3N4O2. The highest BCUT2D eigenvalue weighted by Crippen LogP contribution is 2.34. The van der Waals surface area contributed by atoms with Gasteiger partial charge in [-0.3, -0.25) is 14.7 Å². The number of alkyl halides is 3. The van der Waals surface area contributed by atoms with Crippen molar-refractivity contribution in [1.82, 2.24) is 14.8 Å². The summed E-state index contributed by atoms with van der Waals surface area (Å²) in [7, 11) is 0. The van der Waals surface area contributed by atoms with E-state index in [9.17, 15) is 18.0 Å². The Balaban J connectivity index is 1.38. The van der Waals surface area contributed by atoms with Crippen molar-refractivity contribution in [1.29, 1.82) is 0 Å². The molecule has 2 aromatic carbocycles. The highest BCUT2D eigenvalue weighted by molar-refractivity contribution is 5.92. The standard InChI is InChI=1S/C28H31F3N4O2/c1-3-34-11-13-35(14-12-34)18-23-6-8-24(16-25(23)28(29,30)31)33-27(36)19-37-26-9-7-21(15-20(26)2)22-5-4-10-32-17-22/h4-10,15-17H,3,11-14,18-19H2,1-2H3,(H,33,36). The van der Waals surface area contributed by atoms with Crippen molar-refractivity contribution in [3.05, 3.63) is 77.6 Å². The van der Waals surface area contributed by atoms with Gasteiger partial charge in [0.25, 0.3) is 5.91 Å². The number of aryl methyl sites for hydroxylation is 1. The van der Waals surface area contributed by atoms with Crippen LogP contribution >= 0.6 is 0 Å². The zero-order chi connectivity index (χ0) is 26.4. The molecule has 1 saturated heterocycles. The van der Waals surface area contributed by atoms with Gasteiger partial charge in [-0.2, -0.15) is 13.2 Å². The van der Waals surface area contributed by atoms with Crippen LogP contribution in [0.5, 0.6) is 5.75 Å². The van der Waals surface area contributed by atoms with Crippen LogP contribution in [-0.2, 0) is 17.5 Å². The molecule has 0 saturated carbocycles. The Hall–Kier alpha value is -3.43. The largest absolute Gasteiger partial charge is 0.483 e. The Kier molecular flexibility index (Phi) is 8.45. The third-order valence-electron chi connectivity index (χ3n) is 6.53. The summed E-state index contributed by atoms with van der Waals surface area (Å²) >= 11 is 0. The number of hydrogen-bond donors (Lipinski definition) is 1. The van der Waals surface area contributed by atoms with E-state index < -0.39 is 17.6 Å². The van der Waals surface area contributed by atoms with E-state index in [0.717, 1.165) is 55.5 Å². The zero-order valence-corrected chi connectivity index (χ0v) is 21.0. The van der Waals surface area contributed by atoms with Gasteiger partial charge in [0.05, 0.1) is 5.56 Å². The Labute approximate surface area is 215 Å². The Morgan fingerprint density at radius 1 is 1.03 bits per heavy atom. The average Bonchev–Trinajstić information content (AvgIpc) is 2.89. The number of likely N-dealkylation sites (N-methyl/N-ethyl adjacent to an activating group) is 1. The van der Waals surface area contributed by atoms with Crippen LogP contribution in [0.25, 0.3) is 11.1 Å². The number of anilines is 1. The van der Waals surface area contributed by atoms with E-state index in [1.807, 2.05) is 36.1 Å². The molecule has 1 fully saturated rings. The van der Waals surface area contributed by atoms with Crippen molar-refractivity contribution >= 4 is 11.6 Å². The van der Waals surface area contributed by atoms with Crippen LogP contribution in [0.4, 0.5) is 18.9 Å². The molecule has 0 bridgehead atoms. The molecule has 1 amide bonds. The number of rotatable bonds is 8. The molecule has 0 unspecified atom stereocenters. The van der Waals surface area contributed by atoms with Gasteiger partial charge in [-0.05, 0) is 60.5 Å². The molecule has 0 atom stereocenters. The minimum Gasteiger partial charge on any atom is -0.483 e. The van der Waals surface area contributed by atoms with Gasteiger partial charge < -0.3 is 15.0 Å². The molecule has 0 radical (unpaired) electrons. The smallest absolute Gasteiger partial charge is 0.416 e. The second kappa shape index (κ2) is 11.7. The molecule has 9 heteroatoms. The number of ether oxygens (including phenoxy) is 1. The van der Waals surface area contributed by atoms with Gasteiger partial charge in [-0.1, -0.05) is 25.1 Å². The summed E-state index contributed by atoms with van der Waals surface area (Å²) < 4.78 is 47.2. The van der Waals surface area contributed by atoms with Crippen LogP contribution in [0.15, 0.2) is 60.9 Å². The normalized spacial score (nSPS) is 14.9. The fraction of sp³-hybridized carbons (Fsp3) is 0.357. The molecule has 37 heavy (non-hydrogen) atoms. The summed E-state index contributed by atoms with van der Waals surface area (Å²) in [6.07, 6.45) is -1.06. The summed E-state index contributed by atoms with van der Waals surface area (Å²) in [5, 5.41) is 2.53. The lowest BCUT2D eigenvalue weighted by atomic mass is 10.0. The third kappa shape index (κ3) is 7.08. The molecule has 2 heterocycles. The van der Waals surface area contributed by atoms with Crippen molar-refractivity contribution in [2.45, 2.75) is 26.6 Å². The van der Waals surface area contributed by atoms with Crippen molar-refractivity contribution < 1.29 is 22.7 Å². The maximum atomic E-state index is 13.8. The lowest BCUT2D eigenvalue weighted by Gasteiger charge is -2.34. The minimum absolute atomic E-state index is 0.0872. The maximum Gasteiger partial charge on any atom is 0.416 e. The number of halogens is 3. The first kappa shape index (κ1) is 26.6. The van der Waals surface area contributed by atoms with E-state index in [0.29, 0.717) is 5.75 Å². The Morgan fingerprint density at radius 3 is 2.43 bits per heavy atom. The zero-order valence-electron chi connectivity index (χ0n) is 21.0. The topological polar surface area (TPSA) is 57.7 Å². The molecule has 0 spiro atoms. The van der Waals surface area contributed by atoms with E-state index in [4.69, 9.17) is 4.74 Å². The van der Waals surface area contributed by atoms with Crippen LogP contribution in [0.2, 0.25) is 0 Å². The average molecular weight is 513 g/mol. The monoisotopic (exact) mass is 512 g/mol. The van der Waals surface area contributed by atoms with E-state index in [1.54, 1.807) is 18.5 Å². The SMILES string of the molecule is CCN1CCN(Cc2ccc(NC(=O)COc3ccc(-c4cccnc4)cc3C)cc2C(F)(F)F)CC1. The third-order valence-corrected chi connectivity index (χ3v) is 6.53. The van der Waals surface area contributed by atoms with Crippen LogP contribution in [-0.4, -0.2) is 60.0 Å². The van der Waals surface area contributed by atoms with Crippen molar-refractivity contribution in [2.75, 3.05) is 44.6 Å². The number of carbonyl (C=O) groups excluding carboxylic acids is 1. The van der Waals surface area contributed by atoms with Gasteiger partial charge in [0.2, 0.25) is 0 Å². The second-order valence-corrected chi connectivity index (χ2v) is 9.14. The highest BCUT2D eigenvalue weighted by Gasteiger charge is 2.34. The van der Waals surface area contributed by atoms with Crippen LogP contribution in [0, 0.1) is 6.92 Å². The van der Waals surface area contributed by atoms with Gasteiger partial charge in [-0.15, -0.1) is 0 Å². The summed E-state index contributed by atoms with van der Waals surface area (Å²) in [5.74, 6) is -0.00964. The summed E-state index contributed by atoms with van der Waals surface area (Å²) in [6.45, 7) is 7.92. The first-order valence-electron chi connectivity index (χ1n) is 12.3. The molecule has 4 rings (SSSR count). The molecular weight excluding hydrogens is 481 g/mol. The van der Waals surface area contributed by atoms with Crippen molar-refractivity contribution in [3.63, 3.8) is 0 Å². The molecule has 3 aromatic rings. The number of piperazine rings is 1. The lowest BCUT2D eigenvalue weighted by molar-refractivity contribution is -0.138. The number of benzene rings is 2. The fourth-order valence-corrected chi connectivity index (χ4v) is 4.43. The Morgan fingerprint density at radius 2 is 1.78 bits per heavy atom. The molecule has 1 aliphatic rings. The predicted molar refractivity (Wildman–Crippen MR) is 137 cm³/mol. The number of pyridine rings is 1. The van der Waals surface area contributed by atoms with Crippen molar-refractivity contribution in [3.8, 4) is 16.9 Å². The van der Waals surface area contributed by atoms with Gasteiger partial charge in [0.1, 0.15) is 5.75 Å². The first-order valence-corrected chi connectivity index (χ1v) is 12.3. The number of nitrogens with one attached hydrogen (secondary N) is 1. The van der Waals surface area contributed by atoms with E-state index in [-0.39, 0.29) is 24.4 Å². The van der Waals surface area contributed by atoms with Gasteiger partial charge >= 0.3 is 6.18 Å². The van der Waals surface area contributed by atoms with Gasteiger partial charge in [0, 0.05) is 56.4 Å². The highest BCUT2D eigenvalue weighted by atomic mass is 19.4. The Bertz CT molecular complexity index is 1210. The van der Waals surface area contributed by atoms with Crippen molar-refractivity contribution in [2.24, 2.45) is 0 Å². The number of amides is 1. The number of hydrogen-bond acceptors (Lipinski definition) is 5. The number of carbonyl (C=O) groups is 1. The van der Waals surface area contributed by atoms with Crippen LogP contribution in [0.3, 0.4) is 0 Å². The van der Waals surface area contributed by atoms with E-state index in [2.05, 4.69) is 22.1 Å². The van der Waals surface area contributed by atoms with E-state index in [1.165, 1.54) is 12.1 Å². The molecule has 0 aliphatic carbocycles. The minimum atomic E-state index is -4.52. The van der Waals surface area contributed by atoms with E-state index >= 15 is 0 Å². The maximum absolute atomic E-state index is 13.8. The summed E-state index contributed by atoms with van der Waals surface area (Å²) in [5.41, 5.74) is 2.32. The van der Waals surface area contributed by atoms with Gasteiger partial charge in [-0.25, -0.2) is 0 Å². The number of nitrogens with zero attached hydrogens (tertiary/aromatic N) is 3. The fourth-order valence-electron chi connectivity index (χ4n) is 4.43. The summed E-state index contributed by atoms with van der Waals surface area (Å²) in [6, 6.07) is 13.3. The quantitative estimate of drug-likeness (QED) is 0.448. The molecule has 1 aromatic heterocycles. The number of aromatic nitrogens is 1. The van der Waals surface area contributed by atoms with Gasteiger partial charge in [0.15, 0.2) is 6.61 Å². The molecule has 1 N–H and O–H groups in total. The first-order chi connectivity index (χ1) is 17.7.